The third kappa shape index (κ3) is 0.958. The minimum Gasteiger partial charge on any atom is -0.378 e. The van der Waals surface area contributed by atoms with Gasteiger partial charge in [0.2, 0.25) is 0 Å². The van der Waals surface area contributed by atoms with Crippen LogP contribution >= 0.6 is 0 Å². The molecule has 1 aliphatic heterocycles. The molecule has 1 unspecified atom stereocenters. The maximum atomic E-state index is 2.32. The average Bonchev–Trinajstić information content (AvgIpc) is 1.98. The SMILES string of the molecule is CC1=C(C)N(C)CC1C. The summed E-state index contributed by atoms with van der Waals surface area (Å²) in [5, 5.41) is 0. The minimum absolute atomic E-state index is 0.773. The van der Waals surface area contributed by atoms with Crippen LogP contribution in [0, 0.1) is 5.92 Å². The van der Waals surface area contributed by atoms with Crippen molar-refractivity contribution < 1.29 is 0 Å². The van der Waals surface area contributed by atoms with Crippen LogP contribution in [-0.4, -0.2) is 18.5 Å². The molecule has 9 heavy (non-hydrogen) atoms. The minimum atomic E-state index is 0.773. The van der Waals surface area contributed by atoms with E-state index in [1.807, 2.05) is 0 Å². The van der Waals surface area contributed by atoms with Gasteiger partial charge in [-0.05, 0) is 25.3 Å². The van der Waals surface area contributed by atoms with Crippen molar-refractivity contribution in [3.05, 3.63) is 11.3 Å². The monoisotopic (exact) mass is 125 g/mol. The van der Waals surface area contributed by atoms with Gasteiger partial charge >= 0.3 is 0 Å². The van der Waals surface area contributed by atoms with Crippen molar-refractivity contribution in [1.29, 1.82) is 0 Å². The Bertz CT molecular complexity index is 131. The number of nitrogens with zero attached hydrogens (tertiary/aromatic N) is 1. The molecule has 0 radical (unpaired) electrons. The van der Waals surface area contributed by atoms with Gasteiger partial charge < -0.3 is 4.90 Å². The highest BCUT2D eigenvalue weighted by molar-refractivity contribution is 5.17. The predicted molar refractivity (Wildman–Crippen MR) is 40.2 cm³/mol. The molecule has 0 aromatic rings. The van der Waals surface area contributed by atoms with Gasteiger partial charge in [0.25, 0.3) is 0 Å². The van der Waals surface area contributed by atoms with Crippen LogP contribution in [-0.2, 0) is 0 Å². The molecule has 0 fully saturated rings. The van der Waals surface area contributed by atoms with Crippen molar-refractivity contribution in [1.82, 2.24) is 4.90 Å². The standard InChI is InChI=1S/C8H15N/c1-6-5-9(4)8(3)7(6)2/h6H,5H2,1-4H3. The smallest absolute Gasteiger partial charge is 0.0235 e. The van der Waals surface area contributed by atoms with Gasteiger partial charge in [-0.25, -0.2) is 0 Å². The second-order valence-electron chi connectivity index (χ2n) is 3.05. The molecule has 0 amide bonds. The van der Waals surface area contributed by atoms with Crippen LogP contribution in [0.2, 0.25) is 0 Å². The summed E-state index contributed by atoms with van der Waals surface area (Å²) in [4.78, 5) is 2.32. The van der Waals surface area contributed by atoms with E-state index < -0.39 is 0 Å². The predicted octanol–water partition coefficient (Wildman–Crippen LogP) is 1.86. The second kappa shape index (κ2) is 2.05. The zero-order valence-electron chi connectivity index (χ0n) is 6.73. The molecule has 1 aliphatic rings. The molecule has 1 atom stereocenters. The van der Waals surface area contributed by atoms with Crippen LogP contribution in [0.15, 0.2) is 11.3 Å². The van der Waals surface area contributed by atoms with Crippen LogP contribution in [0.25, 0.3) is 0 Å². The summed E-state index contributed by atoms with van der Waals surface area (Å²) >= 11 is 0. The maximum Gasteiger partial charge on any atom is 0.0235 e. The summed E-state index contributed by atoms with van der Waals surface area (Å²) in [5.74, 6) is 0.773. The maximum absolute atomic E-state index is 2.32. The van der Waals surface area contributed by atoms with Crippen molar-refractivity contribution in [2.45, 2.75) is 20.8 Å². The topological polar surface area (TPSA) is 3.24 Å². The van der Waals surface area contributed by atoms with Gasteiger partial charge in [0.05, 0.1) is 0 Å². The molecule has 0 spiro atoms. The van der Waals surface area contributed by atoms with E-state index >= 15 is 0 Å². The Balaban J connectivity index is 2.79. The van der Waals surface area contributed by atoms with Gasteiger partial charge in [0.1, 0.15) is 0 Å². The molecule has 1 rings (SSSR count). The Kier molecular flexibility index (Phi) is 1.52. The molecule has 1 heterocycles. The average molecular weight is 125 g/mol. The summed E-state index contributed by atoms with van der Waals surface area (Å²) in [6.07, 6.45) is 0. The van der Waals surface area contributed by atoms with E-state index in [0.717, 1.165) is 5.92 Å². The Labute approximate surface area is 57.4 Å². The molecule has 0 saturated heterocycles. The lowest BCUT2D eigenvalue weighted by Gasteiger charge is -2.11. The van der Waals surface area contributed by atoms with E-state index in [9.17, 15) is 0 Å². The van der Waals surface area contributed by atoms with Gasteiger partial charge in [-0.15, -0.1) is 0 Å². The highest BCUT2D eigenvalue weighted by atomic mass is 15.1. The lowest BCUT2D eigenvalue weighted by Crippen LogP contribution is -2.13. The zero-order chi connectivity index (χ0) is 7.02. The number of hydrogen-bond acceptors (Lipinski definition) is 1. The van der Waals surface area contributed by atoms with E-state index in [0.29, 0.717) is 0 Å². The first-order valence-electron chi connectivity index (χ1n) is 3.51. The Hall–Kier alpha value is -0.460. The molecule has 0 bridgehead atoms. The first-order valence-corrected chi connectivity index (χ1v) is 3.51. The number of rotatable bonds is 0. The third-order valence-corrected chi connectivity index (χ3v) is 2.43. The summed E-state index contributed by atoms with van der Waals surface area (Å²) < 4.78 is 0. The second-order valence-corrected chi connectivity index (χ2v) is 3.05. The molecule has 0 aromatic carbocycles. The third-order valence-electron chi connectivity index (χ3n) is 2.43. The van der Waals surface area contributed by atoms with E-state index in [-0.39, 0.29) is 0 Å². The molecular formula is C8H15N. The lowest BCUT2D eigenvalue weighted by molar-refractivity contribution is 0.423. The molecule has 0 aliphatic carbocycles. The van der Waals surface area contributed by atoms with Gasteiger partial charge in [-0.3, -0.25) is 0 Å². The zero-order valence-corrected chi connectivity index (χ0v) is 6.73. The van der Waals surface area contributed by atoms with Gasteiger partial charge in [0.15, 0.2) is 0 Å². The van der Waals surface area contributed by atoms with Crippen molar-refractivity contribution in [2.75, 3.05) is 13.6 Å². The van der Waals surface area contributed by atoms with E-state index in [1.54, 1.807) is 5.57 Å². The Morgan fingerprint density at radius 3 is 2.11 bits per heavy atom. The highest BCUT2D eigenvalue weighted by Crippen LogP contribution is 2.24. The normalized spacial score (nSPS) is 28.0. The van der Waals surface area contributed by atoms with Crippen LogP contribution in [0.5, 0.6) is 0 Å². The largest absolute Gasteiger partial charge is 0.378 e. The van der Waals surface area contributed by atoms with E-state index in [2.05, 4.69) is 32.7 Å². The number of allylic oxidation sites excluding steroid dienone is 1. The van der Waals surface area contributed by atoms with Crippen LogP contribution in [0.4, 0.5) is 0 Å². The van der Waals surface area contributed by atoms with Crippen LogP contribution in [0.3, 0.4) is 0 Å². The van der Waals surface area contributed by atoms with Crippen molar-refractivity contribution in [3.8, 4) is 0 Å². The van der Waals surface area contributed by atoms with E-state index in [4.69, 9.17) is 0 Å². The summed E-state index contributed by atoms with van der Waals surface area (Å²) in [6, 6.07) is 0. The van der Waals surface area contributed by atoms with Crippen molar-refractivity contribution in [2.24, 2.45) is 5.92 Å². The first-order chi connectivity index (χ1) is 4.13. The fraction of sp³-hybridized carbons (Fsp3) is 0.750. The summed E-state index contributed by atoms with van der Waals surface area (Å²) in [7, 11) is 2.16. The molecule has 1 nitrogen and oxygen atoms in total. The summed E-state index contributed by atoms with van der Waals surface area (Å²) in [6.45, 7) is 7.91. The lowest BCUT2D eigenvalue weighted by atomic mass is 10.1. The van der Waals surface area contributed by atoms with Gasteiger partial charge in [-0.1, -0.05) is 6.92 Å². The van der Waals surface area contributed by atoms with Crippen molar-refractivity contribution in [3.63, 3.8) is 0 Å². The van der Waals surface area contributed by atoms with Crippen molar-refractivity contribution >= 4 is 0 Å². The van der Waals surface area contributed by atoms with Gasteiger partial charge in [-0.2, -0.15) is 0 Å². The molecular weight excluding hydrogens is 110 g/mol. The Morgan fingerprint density at radius 1 is 1.44 bits per heavy atom. The number of hydrogen-bond donors (Lipinski definition) is 0. The first kappa shape index (κ1) is 6.66. The fourth-order valence-electron chi connectivity index (χ4n) is 1.34. The quantitative estimate of drug-likeness (QED) is 0.477. The fourth-order valence-corrected chi connectivity index (χ4v) is 1.34. The van der Waals surface area contributed by atoms with Gasteiger partial charge in [0, 0.05) is 19.3 Å². The molecule has 0 aromatic heterocycles. The van der Waals surface area contributed by atoms with E-state index in [1.165, 1.54) is 12.2 Å². The summed E-state index contributed by atoms with van der Waals surface area (Å²) in [5.41, 5.74) is 3.01. The molecule has 52 valence electrons. The van der Waals surface area contributed by atoms with Crippen LogP contribution in [0.1, 0.15) is 20.8 Å². The highest BCUT2D eigenvalue weighted by Gasteiger charge is 2.18. The molecule has 0 saturated carbocycles. The molecule has 1 heteroatoms. The van der Waals surface area contributed by atoms with Crippen LogP contribution < -0.4 is 0 Å². The Morgan fingerprint density at radius 2 is 2.00 bits per heavy atom. The molecule has 0 N–H and O–H groups in total.